The molecule has 0 bridgehead atoms. The third kappa shape index (κ3) is 5.09. The number of ether oxygens (including phenoxy) is 1. The maximum absolute atomic E-state index is 12.6. The summed E-state index contributed by atoms with van der Waals surface area (Å²) in [5.41, 5.74) is 0.671. The lowest BCUT2D eigenvalue weighted by atomic mass is 10.1. The number of benzene rings is 1. The number of sulfone groups is 1. The van der Waals surface area contributed by atoms with E-state index in [1.165, 1.54) is 17.6 Å². The molecule has 0 saturated carbocycles. The topological polar surface area (TPSA) is 94.5 Å². The molecule has 0 aliphatic heterocycles. The van der Waals surface area contributed by atoms with Crippen molar-refractivity contribution < 1.29 is 22.7 Å². The quantitative estimate of drug-likeness (QED) is 0.841. The van der Waals surface area contributed by atoms with Crippen LogP contribution in [0.1, 0.15) is 40.2 Å². The van der Waals surface area contributed by atoms with Gasteiger partial charge in [-0.05, 0) is 51.0 Å². The third-order valence-corrected chi connectivity index (χ3v) is 5.69. The Morgan fingerprint density at radius 1 is 1.22 bits per heavy atom. The highest BCUT2D eigenvalue weighted by Crippen LogP contribution is 2.26. The SMILES string of the molecule is CCS(=O)(=O)c1ccc2c(c1)c(CCNC(C)=O)cn2C(=O)OC(C)(C)C. The molecule has 0 fully saturated rings. The van der Waals surface area contributed by atoms with Crippen molar-refractivity contribution in [2.24, 2.45) is 0 Å². The van der Waals surface area contributed by atoms with Crippen molar-refractivity contribution in [3.05, 3.63) is 30.0 Å². The number of hydrogen-bond donors (Lipinski definition) is 1. The lowest BCUT2D eigenvalue weighted by molar-refractivity contribution is -0.118. The van der Waals surface area contributed by atoms with Crippen LogP contribution in [0.2, 0.25) is 0 Å². The van der Waals surface area contributed by atoms with Gasteiger partial charge in [0, 0.05) is 25.1 Å². The molecule has 0 spiro atoms. The fourth-order valence-electron chi connectivity index (χ4n) is 2.67. The number of carbonyl (C=O) groups excluding carboxylic acids is 2. The van der Waals surface area contributed by atoms with Gasteiger partial charge in [0.15, 0.2) is 9.84 Å². The number of hydrogen-bond acceptors (Lipinski definition) is 5. The lowest BCUT2D eigenvalue weighted by Crippen LogP contribution is -2.26. The molecule has 27 heavy (non-hydrogen) atoms. The number of rotatable bonds is 5. The summed E-state index contributed by atoms with van der Waals surface area (Å²) in [5, 5.41) is 3.36. The molecule has 0 unspecified atom stereocenters. The number of nitrogens with one attached hydrogen (secondary N) is 1. The molecule has 148 valence electrons. The molecule has 1 amide bonds. The van der Waals surface area contributed by atoms with Gasteiger partial charge in [-0.25, -0.2) is 13.2 Å². The Labute approximate surface area is 159 Å². The Kier molecular flexibility index (Phi) is 5.99. The molecular weight excluding hydrogens is 368 g/mol. The molecule has 0 aliphatic rings. The highest BCUT2D eigenvalue weighted by molar-refractivity contribution is 7.91. The van der Waals surface area contributed by atoms with E-state index in [1.54, 1.807) is 46.0 Å². The van der Waals surface area contributed by atoms with E-state index < -0.39 is 21.5 Å². The van der Waals surface area contributed by atoms with E-state index in [1.807, 2.05) is 0 Å². The predicted molar refractivity (Wildman–Crippen MR) is 104 cm³/mol. The maximum Gasteiger partial charge on any atom is 0.419 e. The fourth-order valence-corrected chi connectivity index (χ4v) is 3.58. The Balaban J connectivity index is 2.54. The zero-order valence-corrected chi connectivity index (χ0v) is 17.1. The van der Waals surface area contributed by atoms with Gasteiger partial charge >= 0.3 is 6.09 Å². The summed E-state index contributed by atoms with van der Waals surface area (Å²) in [7, 11) is -3.38. The molecule has 1 heterocycles. The zero-order valence-electron chi connectivity index (χ0n) is 16.3. The fraction of sp³-hybridized carbons (Fsp3) is 0.474. The van der Waals surface area contributed by atoms with E-state index in [-0.39, 0.29) is 16.6 Å². The van der Waals surface area contributed by atoms with E-state index in [0.29, 0.717) is 23.9 Å². The van der Waals surface area contributed by atoms with Gasteiger partial charge in [0.05, 0.1) is 16.2 Å². The first-order valence-corrected chi connectivity index (χ1v) is 10.4. The van der Waals surface area contributed by atoms with Crippen LogP contribution in [0.4, 0.5) is 4.79 Å². The van der Waals surface area contributed by atoms with Crippen LogP contribution in [-0.4, -0.2) is 42.9 Å². The molecule has 2 rings (SSSR count). The van der Waals surface area contributed by atoms with Crippen LogP contribution in [-0.2, 0) is 25.8 Å². The Morgan fingerprint density at radius 2 is 1.89 bits per heavy atom. The molecule has 7 nitrogen and oxygen atoms in total. The largest absolute Gasteiger partial charge is 0.443 e. The Hall–Kier alpha value is -2.35. The second kappa shape index (κ2) is 7.72. The monoisotopic (exact) mass is 394 g/mol. The van der Waals surface area contributed by atoms with Crippen LogP contribution in [0.25, 0.3) is 10.9 Å². The van der Waals surface area contributed by atoms with Crippen molar-refractivity contribution in [3.8, 4) is 0 Å². The van der Waals surface area contributed by atoms with Gasteiger partial charge in [-0.3, -0.25) is 9.36 Å². The number of nitrogens with zero attached hydrogens (tertiary/aromatic N) is 1. The summed E-state index contributed by atoms with van der Waals surface area (Å²) in [4.78, 5) is 23.9. The molecule has 8 heteroatoms. The van der Waals surface area contributed by atoms with Crippen LogP contribution < -0.4 is 5.32 Å². The van der Waals surface area contributed by atoms with Crippen LogP contribution >= 0.6 is 0 Å². The smallest absolute Gasteiger partial charge is 0.419 e. The summed E-state index contributed by atoms with van der Waals surface area (Å²) in [6.07, 6.45) is 1.56. The molecule has 1 aromatic carbocycles. The van der Waals surface area contributed by atoms with Crippen molar-refractivity contribution in [2.75, 3.05) is 12.3 Å². The first-order chi connectivity index (χ1) is 12.4. The summed E-state index contributed by atoms with van der Waals surface area (Å²) in [6.45, 7) is 8.73. The van der Waals surface area contributed by atoms with Gasteiger partial charge in [0.25, 0.3) is 0 Å². The zero-order chi connectivity index (χ0) is 20.4. The molecule has 2 aromatic rings. The highest BCUT2D eigenvalue weighted by Gasteiger charge is 2.22. The summed E-state index contributed by atoms with van der Waals surface area (Å²) < 4.78 is 31.3. The summed E-state index contributed by atoms with van der Waals surface area (Å²) >= 11 is 0. The second-order valence-corrected chi connectivity index (χ2v) is 9.60. The number of aromatic nitrogens is 1. The lowest BCUT2D eigenvalue weighted by Gasteiger charge is -2.19. The van der Waals surface area contributed by atoms with Crippen molar-refractivity contribution in [3.63, 3.8) is 0 Å². The first kappa shape index (κ1) is 21.0. The van der Waals surface area contributed by atoms with Crippen molar-refractivity contribution in [1.29, 1.82) is 0 Å². The molecule has 0 radical (unpaired) electrons. The minimum atomic E-state index is -3.38. The second-order valence-electron chi connectivity index (χ2n) is 7.32. The third-order valence-electron chi connectivity index (χ3n) is 3.96. The normalized spacial score (nSPS) is 12.2. The molecule has 1 aromatic heterocycles. The van der Waals surface area contributed by atoms with E-state index in [2.05, 4.69) is 5.32 Å². The van der Waals surface area contributed by atoms with Crippen LogP contribution in [0, 0.1) is 0 Å². The minimum absolute atomic E-state index is 0.00743. The van der Waals surface area contributed by atoms with Crippen LogP contribution in [0.15, 0.2) is 29.3 Å². The molecule has 0 aliphatic carbocycles. The summed E-state index contributed by atoms with van der Waals surface area (Å²) in [6, 6.07) is 4.70. The number of fused-ring (bicyclic) bond motifs is 1. The Morgan fingerprint density at radius 3 is 2.44 bits per heavy atom. The Bertz CT molecular complexity index is 968. The van der Waals surface area contributed by atoms with E-state index >= 15 is 0 Å². The standard InChI is InChI=1S/C19H26N2O5S/c1-6-27(24,25)15-7-8-17-16(11-15)14(9-10-20-13(2)22)12-21(17)18(23)26-19(3,4)5/h7-8,11-12H,6,9-10H2,1-5H3,(H,20,22). The van der Waals surface area contributed by atoms with Gasteiger partial charge in [-0.1, -0.05) is 6.92 Å². The molecule has 0 saturated heterocycles. The van der Waals surface area contributed by atoms with Gasteiger partial charge in [0.1, 0.15) is 5.60 Å². The van der Waals surface area contributed by atoms with Crippen molar-refractivity contribution in [2.45, 2.75) is 51.5 Å². The number of amides is 1. The first-order valence-electron chi connectivity index (χ1n) is 8.79. The van der Waals surface area contributed by atoms with Gasteiger partial charge in [-0.15, -0.1) is 0 Å². The average molecular weight is 394 g/mol. The molecular formula is C19H26N2O5S. The van der Waals surface area contributed by atoms with Crippen LogP contribution in [0.3, 0.4) is 0 Å². The maximum atomic E-state index is 12.6. The number of carbonyl (C=O) groups is 2. The van der Waals surface area contributed by atoms with Gasteiger partial charge < -0.3 is 10.1 Å². The summed E-state index contributed by atoms with van der Waals surface area (Å²) in [5.74, 6) is -0.160. The van der Waals surface area contributed by atoms with Gasteiger partial charge in [-0.2, -0.15) is 0 Å². The van der Waals surface area contributed by atoms with Crippen molar-refractivity contribution >= 4 is 32.7 Å². The van der Waals surface area contributed by atoms with Gasteiger partial charge in [0.2, 0.25) is 5.91 Å². The minimum Gasteiger partial charge on any atom is -0.443 e. The van der Waals surface area contributed by atoms with E-state index in [4.69, 9.17) is 4.74 Å². The van der Waals surface area contributed by atoms with E-state index in [9.17, 15) is 18.0 Å². The average Bonchev–Trinajstić information content (AvgIpc) is 2.91. The van der Waals surface area contributed by atoms with Crippen LogP contribution in [0.5, 0.6) is 0 Å². The highest BCUT2D eigenvalue weighted by atomic mass is 32.2. The van der Waals surface area contributed by atoms with E-state index in [0.717, 1.165) is 5.56 Å². The van der Waals surface area contributed by atoms with Crippen molar-refractivity contribution in [1.82, 2.24) is 9.88 Å². The molecule has 1 N–H and O–H groups in total. The predicted octanol–water partition coefficient (Wildman–Crippen LogP) is 2.90. The molecule has 0 atom stereocenters.